The first-order valence-electron chi connectivity index (χ1n) is 5.60. The van der Waals surface area contributed by atoms with Crippen LogP contribution in [0, 0.1) is 5.92 Å². The lowest BCUT2D eigenvalue weighted by molar-refractivity contribution is 0.586. The largest absolute Gasteiger partial charge is 0.308 e. The quantitative estimate of drug-likeness (QED) is 0.909. The van der Waals surface area contributed by atoms with Crippen LogP contribution >= 0.6 is 15.9 Å². The number of nitrogens with zero attached hydrogens (tertiary/aromatic N) is 1. The number of aromatic nitrogens is 2. The third-order valence-electron chi connectivity index (χ3n) is 2.58. The molecule has 1 atom stereocenters. The van der Waals surface area contributed by atoms with Crippen molar-refractivity contribution in [2.45, 2.75) is 32.4 Å². The van der Waals surface area contributed by atoms with Gasteiger partial charge in [-0.3, -0.25) is 4.79 Å². The molecular formula is C11H17BrN2O3S. The van der Waals surface area contributed by atoms with Gasteiger partial charge in [-0.05, 0) is 35.2 Å². The van der Waals surface area contributed by atoms with Gasteiger partial charge in [-0.25, -0.2) is 13.4 Å². The first-order valence-corrected chi connectivity index (χ1v) is 8.35. The number of nitrogens with one attached hydrogen (secondary N) is 1. The number of hydrogen-bond donors (Lipinski definition) is 1. The van der Waals surface area contributed by atoms with Gasteiger partial charge in [0.2, 0.25) is 0 Å². The van der Waals surface area contributed by atoms with E-state index in [4.69, 9.17) is 0 Å². The van der Waals surface area contributed by atoms with Crippen molar-refractivity contribution in [3.63, 3.8) is 0 Å². The van der Waals surface area contributed by atoms with Crippen LogP contribution in [0.2, 0.25) is 0 Å². The highest BCUT2D eigenvalue weighted by Gasteiger charge is 2.22. The van der Waals surface area contributed by atoms with E-state index in [2.05, 4.69) is 25.9 Å². The van der Waals surface area contributed by atoms with Crippen LogP contribution in [0.3, 0.4) is 0 Å². The van der Waals surface area contributed by atoms with Crippen LogP contribution in [0.25, 0.3) is 0 Å². The Morgan fingerprint density at radius 2 is 1.89 bits per heavy atom. The van der Waals surface area contributed by atoms with E-state index in [-0.39, 0.29) is 11.4 Å². The molecule has 1 unspecified atom stereocenters. The van der Waals surface area contributed by atoms with Crippen LogP contribution in [0.15, 0.2) is 9.27 Å². The summed E-state index contributed by atoms with van der Waals surface area (Å²) in [5, 5.41) is -0.816. The Morgan fingerprint density at radius 3 is 2.33 bits per heavy atom. The summed E-state index contributed by atoms with van der Waals surface area (Å²) in [6, 6.07) is 0. The minimum Gasteiger partial charge on any atom is -0.308 e. The van der Waals surface area contributed by atoms with Crippen LogP contribution in [0.5, 0.6) is 0 Å². The Bertz CT molecular complexity index is 593. The van der Waals surface area contributed by atoms with Crippen molar-refractivity contribution in [3.8, 4) is 0 Å². The molecule has 0 radical (unpaired) electrons. The second-order valence-electron chi connectivity index (χ2n) is 4.78. The number of H-pyrrole nitrogens is 1. The molecule has 0 amide bonds. The maximum Gasteiger partial charge on any atom is 0.265 e. The maximum absolute atomic E-state index is 11.7. The predicted octanol–water partition coefficient (Wildman–Crippen LogP) is 1.84. The molecule has 0 aromatic carbocycles. The molecule has 1 N–H and O–H groups in total. The summed E-state index contributed by atoms with van der Waals surface area (Å²) in [5.74, 6) is 0.526. The van der Waals surface area contributed by atoms with Gasteiger partial charge in [-0.2, -0.15) is 0 Å². The van der Waals surface area contributed by atoms with Crippen LogP contribution < -0.4 is 5.56 Å². The summed E-state index contributed by atoms with van der Waals surface area (Å²) in [7, 11) is -3.28. The van der Waals surface area contributed by atoms with Gasteiger partial charge in [0, 0.05) is 6.26 Å². The molecule has 7 heteroatoms. The number of sulfone groups is 1. The molecule has 0 aliphatic heterocycles. The summed E-state index contributed by atoms with van der Waals surface area (Å²) in [4.78, 5) is 18.5. The van der Waals surface area contributed by atoms with Crippen LogP contribution in [0.4, 0.5) is 0 Å². The minimum atomic E-state index is -3.28. The first-order chi connectivity index (χ1) is 8.12. The van der Waals surface area contributed by atoms with Crippen LogP contribution in [0.1, 0.15) is 37.5 Å². The molecule has 1 aromatic heterocycles. The van der Waals surface area contributed by atoms with Gasteiger partial charge in [0.05, 0.1) is 5.69 Å². The molecular weight excluding hydrogens is 320 g/mol. The van der Waals surface area contributed by atoms with Gasteiger partial charge < -0.3 is 4.98 Å². The first kappa shape index (κ1) is 15.4. The average Bonchev–Trinajstić information content (AvgIpc) is 2.21. The summed E-state index contributed by atoms with van der Waals surface area (Å²) < 4.78 is 23.4. The predicted molar refractivity (Wildman–Crippen MR) is 74.4 cm³/mol. The molecule has 18 heavy (non-hydrogen) atoms. The number of halogens is 1. The Labute approximate surface area is 115 Å². The highest BCUT2D eigenvalue weighted by Crippen LogP contribution is 2.20. The minimum absolute atomic E-state index is 0.196. The standard InChI is InChI=1S/C11H17BrN2O3S/c1-6(2)5-8-9(12)11(15)14-10(13-8)7(3)18(4,16)17/h6-7H,5H2,1-4H3,(H,13,14,15). The molecule has 0 saturated heterocycles. The van der Waals surface area contributed by atoms with E-state index in [0.717, 1.165) is 6.26 Å². The van der Waals surface area contributed by atoms with E-state index >= 15 is 0 Å². The summed E-state index contributed by atoms with van der Waals surface area (Å²) in [6.07, 6.45) is 1.75. The Balaban J connectivity index is 3.33. The Kier molecular flexibility index (Phi) is 4.72. The van der Waals surface area contributed by atoms with Gasteiger partial charge >= 0.3 is 0 Å². The number of rotatable bonds is 4. The molecule has 1 aromatic rings. The van der Waals surface area contributed by atoms with Crippen LogP contribution in [-0.4, -0.2) is 24.6 Å². The average molecular weight is 337 g/mol. The maximum atomic E-state index is 11.7. The fourth-order valence-corrected chi connectivity index (χ4v) is 2.31. The molecule has 0 aliphatic rings. The number of aromatic amines is 1. The van der Waals surface area contributed by atoms with E-state index in [9.17, 15) is 13.2 Å². The third kappa shape index (κ3) is 3.65. The molecule has 0 fully saturated rings. The normalized spacial score (nSPS) is 13.9. The van der Waals surface area contributed by atoms with E-state index in [0.29, 0.717) is 22.5 Å². The fourth-order valence-electron chi connectivity index (χ4n) is 1.44. The van der Waals surface area contributed by atoms with Gasteiger partial charge in [-0.15, -0.1) is 0 Å². The zero-order chi connectivity index (χ0) is 14.1. The number of hydrogen-bond acceptors (Lipinski definition) is 4. The van der Waals surface area contributed by atoms with Gasteiger partial charge in [0.25, 0.3) is 5.56 Å². The van der Waals surface area contributed by atoms with Gasteiger partial charge in [0.1, 0.15) is 15.5 Å². The lowest BCUT2D eigenvalue weighted by atomic mass is 10.1. The van der Waals surface area contributed by atoms with E-state index in [1.807, 2.05) is 13.8 Å². The summed E-state index contributed by atoms with van der Waals surface area (Å²) >= 11 is 3.19. The Morgan fingerprint density at radius 1 is 1.33 bits per heavy atom. The second-order valence-corrected chi connectivity index (χ2v) is 7.94. The molecule has 0 aliphatic carbocycles. The highest BCUT2D eigenvalue weighted by molar-refractivity contribution is 9.10. The van der Waals surface area contributed by atoms with E-state index in [1.54, 1.807) is 0 Å². The SMILES string of the molecule is CC(C)Cc1nc(C(C)S(C)(=O)=O)[nH]c(=O)c1Br. The monoisotopic (exact) mass is 336 g/mol. The van der Waals surface area contributed by atoms with Crippen LogP contribution in [-0.2, 0) is 16.3 Å². The van der Waals surface area contributed by atoms with E-state index in [1.165, 1.54) is 6.92 Å². The van der Waals surface area contributed by atoms with Crippen molar-refractivity contribution >= 4 is 25.8 Å². The van der Waals surface area contributed by atoms with Crippen molar-refractivity contribution in [2.75, 3.05) is 6.26 Å². The van der Waals surface area contributed by atoms with Gasteiger partial charge in [-0.1, -0.05) is 13.8 Å². The molecule has 102 valence electrons. The molecule has 1 rings (SSSR count). The second kappa shape index (κ2) is 5.52. The van der Waals surface area contributed by atoms with Crippen molar-refractivity contribution < 1.29 is 8.42 Å². The zero-order valence-corrected chi connectivity index (χ0v) is 13.2. The summed E-state index contributed by atoms with van der Waals surface area (Å²) in [6.45, 7) is 5.53. The molecule has 0 bridgehead atoms. The Hall–Kier alpha value is -0.690. The molecule has 1 heterocycles. The fraction of sp³-hybridized carbons (Fsp3) is 0.636. The van der Waals surface area contributed by atoms with Crippen molar-refractivity contribution in [1.82, 2.24) is 9.97 Å². The van der Waals surface area contributed by atoms with Gasteiger partial charge in [0.15, 0.2) is 9.84 Å². The van der Waals surface area contributed by atoms with E-state index < -0.39 is 15.1 Å². The van der Waals surface area contributed by atoms with Crippen molar-refractivity contribution in [3.05, 3.63) is 26.3 Å². The smallest absolute Gasteiger partial charge is 0.265 e. The lowest BCUT2D eigenvalue weighted by Gasteiger charge is -2.12. The topological polar surface area (TPSA) is 79.9 Å². The van der Waals surface area contributed by atoms with Crippen molar-refractivity contribution in [1.29, 1.82) is 0 Å². The zero-order valence-electron chi connectivity index (χ0n) is 10.8. The third-order valence-corrected chi connectivity index (χ3v) is 4.90. The summed E-state index contributed by atoms with van der Waals surface area (Å²) in [5.41, 5.74) is 0.255. The van der Waals surface area contributed by atoms with Crippen molar-refractivity contribution in [2.24, 2.45) is 5.92 Å². The molecule has 0 saturated carbocycles. The molecule has 0 spiro atoms. The lowest BCUT2D eigenvalue weighted by Crippen LogP contribution is -2.21. The highest BCUT2D eigenvalue weighted by atomic mass is 79.9. The molecule has 5 nitrogen and oxygen atoms in total.